The summed E-state index contributed by atoms with van der Waals surface area (Å²) in [4.78, 5) is 24.7. The van der Waals surface area contributed by atoms with E-state index in [1.165, 1.54) is 49.6 Å². The minimum Gasteiger partial charge on any atom is -0.462 e. The molecule has 0 saturated heterocycles. The van der Waals surface area contributed by atoms with Crippen LogP contribution in [-0.2, 0) is 4.74 Å². The molecule has 27 heavy (non-hydrogen) atoms. The first-order valence-electron chi connectivity index (χ1n) is 9.36. The van der Waals surface area contributed by atoms with E-state index in [2.05, 4.69) is 6.92 Å². The van der Waals surface area contributed by atoms with E-state index in [1.807, 2.05) is 0 Å². The van der Waals surface area contributed by atoms with Crippen molar-refractivity contribution in [3.05, 3.63) is 65.5 Å². The number of hydrogen-bond donors (Lipinski definition) is 0. The summed E-state index contributed by atoms with van der Waals surface area (Å²) in [5, 5.41) is 0. The third-order valence-electron chi connectivity index (χ3n) is 4.14. The van der Waals surface area contributed by atoms with E-state index in [9.17, 15) is 14.0 Å². The summed E-state index contributed by atoms with van der Waals surface area (Å²) in [6.07, 6.45) is 6.51. The van der Waals surface area contributed by atoms with E-state index < -0.39 is 17.8 Å². The van der Waals surface area contributed by atoms with Crippen molar-refractivity contribution in [2.45, 2.75) is 45.4 Å². The lowest BCUT2D eigenvalue weighted by molar-refractivity contribution is 0.0489. The first-order chi connectivity index (χ1) is 13.1. The molecule has 0 aliphatic carbocycles. The van der Waals surface area contributed by atoms with Crippen LogP contribution in [0.1, 0.15) is 66.2 Å². The molecule has 0 aliphatic heterocycles. The van der Waals surface area contributed by atoms with E-state index in [0.29, 0.717) is 6.61 Å². The van der Waals surface area contributed by atoms with Crippen molar-refractivity contribution in [1.29, 1.82) is 0 Å². The highest BCUT2D eigenvalue weighted by atomic mass is 19.1. The molecule has 0 heterocycles. The number of hydrogen-bond acceptors (Lipinski definition) is 4. The molecular weight excluding hydrogens is 347 g/mol. The van der Waals surface area contributed by atoms with Gasteiger partial charge in [-0.15, -0.1) is 0 Å². The largest absolute Gasteiger partial charge is 0.462 e. The highest BCUT2D eigenvalue weighted by molar-refractivity contribution is 6.03. The van der Waals surface area contributed by atoms with Crippen LogP contribution in [0.2, 0.25) is 0 Å². The van der Waals surface area contributed by atoms with Gasteiger partial charge in [-0.25, -0.2) is 14.0 Å². The van der Waals surface area contributed by atoms with Crippen molar-refractivity contribution in [3.8, 4) is 5.75 Å². The smallest absolute Gasteiger partial charge is 0.344 e. The number of unbranched alkanes of at least 4 members (excludes halogenated alkanes) is 5. The van der Waals surface area contributed by atoms with Gasteiger partial charge in [0, 0.05) is 0 Å². The summed E-state index contributed by atoms with van der Waals surface area (Å²) >= 11 is 0. The molecule has 0 spiro atoms. The number of benzene rings is 2. The number of ether oxygens (including phenoxy) is 2. The van der Waals surface area contributed by atoms with Crippen molar-refractivity contribution in [3.63, 3.8) is 0 Å². The number of carbonyl (C=O) groups is 2. The van der Waals surface area contributed by atoms with Crippen molar-refractivity contribution in [1.82, 2.24) is 0 Å². The van der Waals surface area contributed by atoms with Gasteiger partial charge >= 0.3 is 11.9 Å². The normalized spacial score (nSPS) is 10.4. The number of carbonyl (C=O) groups excluding carboxylic acids is 2. The van der Waals surface area contributed by atoms with Crippen LogP contribution in [0, 0.1) is 5.82 Å². The fraction of sp³-hybridized carbons (Fsp3) is 0.364. The zero-order valence-electron chi connectivity index (χ0n) is 15.6. The Labute approximate surface area is 159 Å². The second-order valence-electron chi connectivity index (χ2n) is 6.27. The predicted octanol–water partition coefficient (Wildman–Crippen LogP) is 5.56. The molecule has 0 unspecified atom stereocenters. The lowest BCUT2D eigenvalue weighted by Gasteiger charge is -2.10. The Kier molecular flexibility index (Phi) is 8.49. The molecule has 0 fully saturated rings. The van der Waals surface area contributed by atoms with Crippen LogP contribution in [0.15, 0.2) is 48.5 Å². The third-order valence-corrected chi connectivity index (χ3v) is 4.14. The van der Waals surface area contributed by atoms with E-state index in [0.717, 1.165) is 19.3 Å². The minimum absolute atomic E-state index is 0.0497. The van der Waals surface area contributed by atoms with Crippen LogP contribution in [0.3, 0.4) is 0 Å². The average molecular weight is 372 g/mol. The van der Waals surface area contributed by atoms with Gasteiger partial charge in [-0.2, -0.15) is 0 Å². The summed E-state index contributed by atoms with van der Waals surface area (Å²) < 4.78 is 24.0. The van der Waals surface area contributed by atoms with E-state index in [4.69, 9.17) is 9.47 Å². The Hall–Kier alpha value is -2.69. The lowest BCUT2D eigenvalue weighted by Crippen LogP contribution is -2.16. The molecule has 5 heteroatoms. The van der Waals surface area contributed by atoms with Crippen molar-refractivity contribution in [2.24, 2.45) is 0 Å². The molecule has 4 nitrogen and oxygen atoms in total. The molecular formula is C22H25FO4. The molecule has 0 saturated carbocycles. The Morgan fingerprint density at radius 2 is 1.41 bits per heavy atom. The molecule has 0 amide bonds. The highest BCUT2D eigenvalue weighted by Gasteiger charge is 2.20. The maximum atomic E-state index is 13.7. The Balaban J connectivity index is 1.93. The van der Waals surface area contributed by atoms with Gasteiger partial charge in [-0.1, -0.05) is 63.3 Å². The van der Waals surface area contributed by atoms with Gasteiger partial charge in [-0.05, 0) is 30.7 Å². The lowest BCUT2D eigenvalue weighted by atomic mass is 10.1. The summed E-state index contributed by atoms with van der Waals surface area (Å²) in [5.41, 5.74) is 0.165. The van der Waals surface area contributed by atoms with Gasteiger partial charge in [0.25, 0.3) is 0 Å². The van der Waals surface area contributed by atoms with Gasteiger partial charge in [-0.3, -0.25) is 0 Å². The Bertz CT molecular complexity index is 757. The fourth-order valence-corrected chi connectivity index (χ4v) is 2.65. The summed E-state index contributed by atoms with van der Waals surface area (Å²) in [6, 6.07) is 11.8. The first-order valence-corrected chi connectivity index (χ1v) is 9.36. The second kappa shape index (κ2) is 11.1. The zero-order valence-corrected chi connectivity index (χ0v) is 15.6. The summed E-state index contributed by atoms with van der Waals surface area (Å²) in [6.45, 7) is 2.47. The Morgan fingerprint density at radius 1 is 0.815 bits per heavy atom. The first kappa shape index (κ1) is 20.6. The minimum atomic E-state index is -0.799. The van der Waals surface area contributed by atoms with Crippen LogP contribution in [0.5, 0.6) is 5.75 Å². The van der Waals surface area contributed by atoms with Gasteiger partial charge in [0.05, 0.1) is 17.7 Å². The van der Waals surface area contributed by atoms with E-state index >= 15 is 0 Å². The van der Waals surface area contributed by atoms with E-state index in [1.54, 1.807) is 18.2 Å². The molecule has 0 radical (unpaired) electrons. The third kappa shape index (κ3) is 6.51. The molecule has 0 bridgehead atoms. The van der Waals surface area contributed by atoms with Crippen LogP contribution < -0.4 is 4.74 Å². The molecule has 0 aliphatic rings. The summed E-state index contributed by atoms with van der Waals surface area (Å²) in [7, 11) is 0. The number of para-hydroxylation sites is 1. The van der Waals surface area contributed by atoms with Gasteiger partial charge in [0.2, 0.25) is 0 Å². The number of rotatable bonds is 10. The molecule has 2 aromatic rings. The molecule has 0 atom stereocenters. The molecule has 0 N–H and O–H groups in total. The van der Waals surface area contributed by atoms with Gasteiger partial charge < -0.3 is 9.47 Å². The number of halogens is 1. The topological polar surface area (TPSA) is 52.6 Å². The van der Waals surface area contributed by atoms with Crippen molar-refractivity contribution < 1.29 is 23.5 Å². The fourth-order valence-electron chi connectivity index (χ4n) is 2.65. The van der Waals surface area contributed by atoms with Crippen LogP contribution in [0.25, 0.3) is 0 Å². The van der Waals surface area contributed by atoms with Crippen molar-refractivity contribution in [2.75, 3.05) is 6.61 Å². The standard InChI is InChI=1S/C22H25FO4/c1-2-3-4-5-6-11-16-26-21(24)17-12-7-8-13-18(17)22(25)27-20-15-10-9-14-19(20)23/h7-10,12-15H,2-6,11,16H2,1H3. The van der Waals surface area contributed by atoms with Crippen LogP contribution in [0.4, 0.5) is 4.39 Å². The van der Waals surface area contributed by atoms with Gasteiger partial charge in [0.15, 0.2) is 11.6 Å². The average Bonchev–Trinajstić information content (AvgIpc) is 2.69. The SMILES string of the molecule is CCCCCCCCOC(=O)c1ccccc1C(=O)Oc1ccccc1F. The van der Waals surface area contributed by atoms with Crippen molar-refractivity contribution >= 4 is 11.9 Å². The number of esters is 2. The highest BCUT2D eigenvalue weighted by Crippen LogP contribution is 2.19. The zero-order chi connectivity index (χ0) is 19.5. The quantitative estimate of drug-likeness (QED) is 0.311. The maximum Gasteiger partial charge on any atom is 0.344 e. The van der Waals surface area contributed by atoms with Gasteiger partial charge in [0.1, 0.15) is 0 Å². The van der Waals surface area contributed by atoms with Crippen LogP contribution >= 0.6 is 0 Å². The monoisotopic (exact) mass is 372 g/mol. The molecule has 2 aromatic carbocycles. The second-order valence-corrected chi connectivity index (χ2v) is 6.27. The van der Waals surface area contributed by atoms with Crippen LogP contribution in [-0.4, -0.2) is 18.5 Å². The molecule has 144 valence electrons. The summed E-state index contributed by atoms with van der Waals surface area (Å²) in [5.74, 6) is -2.21. The molecule has 0 aromatic heterocycles. The molecule has 2 rings (SSSR count). The maximum absolute atomic E-state index is 13.7. The van der Waals surface area contributed by atoms with E-state index in [-0.39, 0.29) is 16.9 Å². The predicted molar refractivity (Wildman–Crippen MR) is 101 cm³/mol. The Morgan fingerprint density at radius 3 is 2.11 bits per heavy atom.